The molecule has 3 rings (SSSR count). The van der Waals surface area contributed by atoms with Crippen molar-refractivity contribution >= 4 is 29.2 Å². The third-order valence-electron chi connectivity index (χ3n) is 6.91. The molecule has 12 nitrogen and oxygen atoms in total. The minimum Gasteiger partial charge on any atom is -0.600 e. The molecular weight excluding hydrogens is 537 g/mol. The Labute approximate surface area is 224 Å². The number of rotatable bonds is 7. The summed E-state index contributed by atoms with van der Waals surface area (Å²) in [6.45, 7) is 6.30. The lowest BCUT2D eigenvalue weighted by Gasteiger charge is -2.49. The Kier molecular flexibility index (Phi) is 9.55. The van der Waals surface area contributed by atoms with Crippen molar-refractivity contribution in [2.75, 3.05) is 14.2 Å². The molecule has 210 valence electrons. The van der Waals surface area contributed by atoms with E-state index < -0.39 is 65.6 Å². The van der Waals surface area contributed by atoms with Crippen molar-refractivity contribution in [1.82, 2.24) is 0 Å². The number of aliphatic hydroxyl groups is 1. The van der Waals surface area contributed by atoms with E-state index in [1.54, 1.807) is 20.8 Å². The number of aromatic hydroxyl groups is 1. The first-order valence-electron chi connectivity index (χ1n) is 11.6. The molecule has 0 spiro atoms. The smallest absolute Gasteiger partial charge is 0.342 e. The Balaban J connectivity index is 1.88. The maximum absolute atomic E-state index is 13.3. The fourth-order valence-electron chi connectivity index (χ4n) is 4.99. The monoisotopic (exact) mass is 569 g/mol. The Bertz CT molecular complexity index is 996. The van der Waals surface area contributed by atoms with Gasteiger partial charge in [0.05, 0.1) is 30.8 Å². The first kappa shape index (κ1) is 30.1. The number of phenolic OH excluding ortho intramolecular Hbond substituents is 1. The lowest BCUT2D eigenvalue weighted by Crippen LogP contribution is -3.16. The van der Waals surface area contributed by atoms with Crippen LogP contribution in [0.4, 0.5) is 0 Å². The van der Waals surface area contributed by atoms with Gasteiger partial charge in [0.2, 0.25) is 0 Å². The van der Waals surface area contributed by atoms with Gasteiger partial charge < -0.3 is 43.8 Å². The van der Waals surface area contributed by atoms with Gasteiger partial charge in [0, 0.05) is 13.5 Å². The summed E-state index contributed by atoms with van der Waals surface area (Å²) in [4.78, 5) is 13.3. The van der Waals surface area contributed by atoms with E-state index in [9.17, 15) is 25.4 Å². The summed E-state index contributed by atoms with van der Waals surface area (Å²) in [5.41, 5.74) is -1.24. The molecule has 2 aliphatic rings. The van der Waals surface area contributed by atoms with Gasteiger partial charge in [-0.1, -0.05) is 23.2 Å². The van der Waals surface area contributed by atoms with Gasteiger partial charge in [-0.2, -0.15) is 0 Å². The first-order chi connectivity index (χ1) is 17.3. The number of hydroxylamine groups is 2. The van der Waals surface area contributed by atoms with E-state index in [-0.39, 0.29) is 39.8 Å². The van der Waals surface area contributed by atoms with E-state index >= 15 is 0 Å². The normalized spacial score (nSPS) is 35.2. The SMILES string of the molecule is COc1c(Cl)c(O)c(Cl)c(C)c1C(=O)OC1C(C)OC(O)CC1OC1CC(C)([NH+]([O-])O)C(OC)C(C)O1. The Morgan fingerprint density at radius 3 is 2.41 bits per heavy atom. The van der Waals surface area contributed by atoms with Crippen molar-refractivity contribution in [3.63, 3.8) is 0 Å². The number of quaternary nitrogens is 1. The van der Waals surface area contributed by atoms with Gasteiger partial charge in [-0.15, -0.1) is 0 Å². The summed E-state index contributed by atoms with van der Waals surface area (Å²) >= 11 is 12.3. The third-order valence-corrected chi connectivity index (χ3v) is 7.73. The summed E-state index contributed by atoms with van der Waals surface area (Å²) in [5.74, 6) is -1.44. The quantitative estimate of drug-likeness (QED) is 0.279. The second-order valence-corrected chi connectivity index (χ2v) is 10.2. The molecule has 4 N–H and O–H groups in total. The number of methoxy groups -OCH3 is 2. The largest absolute Gasteiger partial charge is 0.600 e. The van der Waals surface area contributed by atoms with Crippen molar-refractivity contribution < 1.29 is 53.9 Å². The molecule has 9 unspecified atom stereocenters. The molecular formula is C23H33Cl2NO11. The van der Waals surface area contributed by atoms with Gasteiger partial charge in [-0.25, -0.2) is 15.2 Å². The van der Waals surface area contributed by atoms with Gasteiger partial charge >= 0.3 is 5.97 Å². The molecule has 0 bridgehead atoms. The predicted octanol–water partition coefficient (Wildman–Crippen LogP) is 1.73. The average Bonchev–Trinajstić information content (AvgIpc) is 2.81. The average molecular weight is 570 g/mol. The van der Waals surface area contributed by atoms with Gasteiger partial charge in [0.1, 0.15) is 22.8 Å². The second kappa shape index (κ2) is 11.7. The molecule has 0 aliphatic carbocycles. The van der Waals surface area contributed by atoms with Crippen LogP contribution in [0.3, 0.4) is 0 Å². The number of halogens is 2. The number of benzene rings is 1. The van der Waals surface area contributed by atoms with Crippen LogP contribution in [-0.2, 0) is 23.7 Å². The van der Waals surface area contributed by atoms with Crippen LogP contribution >= 0.6 is 23.2 Å². The Morgan fingerprint density at radius 2 is 1.84 bits per heavy atom. The standard InChI is InChI=1S/C23H33Cl2NO11/c1-9-15(20(32-5)17(25)18(28)16(9)24)22(29)37-19-10(2)34-13(27)7-12(19)36-14-8-23(4,26(30)31)21(33-6)11(3)35-14/h10-14,19,21,26-28,30H,7-8H2,1-6H3. The number of hydrogen-bond acceptors (Lipinski definition) is 11. The van der Waals surface area contributed by atoms with Crippen LogP contribution in [0.15, 0.2) is 0 Å². The summed E-state index contributed by atoms with van der Waals surface area (Å²) in [6.07, 6.45) is -6.48. The van der Waals surface area contributed by atoms with Crippen molar-refractivity contribution in [1.29, 1.82) is 0 Å². The van der Waals surface area contributed by atoms with Crippen LogP contribution in [0.2, 0.25) is 10.0 Å². The number of esters is 1. The van der Waals surface area contributed by atoms with E-state index in [1.807, 2.05) is 0 Å². The van der Waals surface area contributed by atoms with Gasteiger partial charge in [0.15, 0.2) is 35.7 Å². The Morgan fingerprint density at radius 1 is 1.19 bits per heavy atom. The number of phenols is 1. The minimum absolute atomic E-state index is 0.0518. The number of carbonyl (C=O) groups excluding carboxylic acids is 1. The lowest BCUT2D eigenvalue weighted by atomic mass is 9.85. The predicted molar refractivity (Wildman–Crippen MR) is 129 cm³/mol. The van der Waals surface area contributed by atoms with E-state index in [4.69, 9.17) is 51.6 Å². The first-order valence-corrected chi connectivity index (χ1v) is 12.4. The molecule has 0 radical (unpaired) electrons. The van der Waals surface area contributed by atoms with Crippen molar-refractivity contribution in [2.24, 2.45) is 0 Å². The third kappa shape index (κ3) is 5.78. The number of ether oxygens (including phenoxy) is 6. The van der Waals surface area contributed by atoms with Crippen LogP contribution < -0.4 is 9.96 Å². The number of aliphatic hydroxyl groups excluding tert-OH is 1. The van der Waals surface area contributed by atoms with Crippen LogP contribution in [0, 0.1) is 12.1 Å². The molecule has 9 atom stereocenters. The van der Waals surface area contributed by atoms with Crippen LogP contribution in [0.1, 0.15) is 49.5 Å². The van der Waals surface area contributed by atoms with Crippen molar-refractivity contribution in [3.8, 4) is 11.5 Å². The molecule has 1 aromatic rings. The summed E-state index contributed by atoms with van der Waals surface area (Å²) in [7, 11) is 2.69. The summed E-state index contributed by atoms with van der Waals surface area (Å²) < 4.78 is 33.8. The summed E-state index contributed by atoms with van der Waals surface area (Å²) in [6, 6.07) is 0. The maximum Gasteiger partial charge on any atom is 0.342 e. The fraction of sp³-hybridized carbons (Fsp3) is 0.696. The zero-order valence-electron chi connectivity index (χ0n) is 21.3. The maximum atomic E-state index is 13.3. The molecule has 0 amide bonds. The molecule has 2 saturated heterocycles. The van der Waals surface area contributed by atoms with Crippen LogP contribution in [0.25, 0.3) is 0 Å². The zero-order valence-corrected chi connectivity index (χ0v) is 22.8. The molecule has 0 aromatic heterocycles. The molecule has 2 aliphatic heterocycles. The molecule has 2 heterocycles. The number of carbonyl (C=O) groups is 1. The number of hydrogen-bond donors (Lipinski definition) is 4. The molecule has 37 heavy (non-hydrogen) atoms. The molecule has 2 fully saturated rings. The number of nitrogens with one attached hydrogen (secondary N) is 1. The highest BCUT2D eigenvalue weighted by atomic mass is 35.5. The molecule has 1 aromatic carbocycles. The minimum atomic E-state index is -1.32. The van der Waals surface area contributed by atoms with Crippen molar-refractivity contribution in [2.45, 2.75) is 89.2 Å². The van der Waals surface area contributed by atoms with E-state index in [1.165, 1.54) is 21.1 Å². The van der Waals surface area contributed by atoms with Crippen LogP contribution in [-0.4, -0.2) is 84.2 Å². The highest BCUT2D eigenvalue weighted by Gasteiger charge is 2.53. The van der Waals surface area contributed by atoms with E-state index in [2.05, 4.69) is 0 Å². The van der Waals surface area contributed by atoms with Crippen molar-refractivity contribution in [3.05, 3.63) is 26.4 Å². The van der Waals surface area contributed by atoms with Gasteiger partial charge in [-0.3, -0.25) is 0 Å². The Hall–Kier alpha value is -1.45. The molecule has 14 heteroatoms. The zero-order chi connectivity index (χ0) is 27.8. The van der Waals surface area contributed by atoms with Gasteiger partial charge in [-0.05, 0) is 33.3 Å². The fourth-order valence-corrected chi connectivity index (χ4v) is 5.49. The highest BCUT2D eigenvalue weighted by molar-refractivity contribution is 6.39. The van der Waals surface area contributed by atoms with E-state index in [0.717, 1.165) is 0 Å². The highest BCUT2D eigenvalue weighted by Crippen LogP contribution is 2.45. The van der Waals surface area contributed by atoms with Crippen LogP contribution in [0.5, 0.6) is 11.5 Å². The van der Waals surface area contributed by atoms with Gasteiger partial charge in [0.25, 0.3) is 0 Å². The topological polar surface area (TPSA) is 161 Å². The lowest BCUT2D eigenvalue weighted by molar-refractivity contribution is -1.09. The molecule has 0 saturated carbocycles. The van der Waals surface area contributed by atoms with E-state index in [0.29, 0.717) is 0 Å². The second-order valence-electron chi connectivity index (χ2n) is 9.44. The summed E-state index contributed by atoms with van der Waals surface area (Å²) in [5, 5.41) is 40.9.